The van der Waals surface area contributed by atoms with E-state index in [0.29, 0.717) is 0 Å². The largest absolute Gasteiger partial charge is 0.282 e. The summed E-state index contributed by atoms with van der Waals surface area (Å²) in [4.78, 5) is -0.267. The molecular weight excluding hydrogens is 312 g/mol. The van der Waals surface area contributed by atoms with Crippen LogP contribution in [0.1, 0.15) is 6.92 Å². The summed E-state index contributed by atoms with van der Waals surface area (Å²) in [6.45, 7) is 1.68. The molecule has 19 heavy (non-hydrogen) atoms. The first-order chi connectivity index (χ1) is 8.65. The van der Waals surface area contributed by atoms with E-state index in [4.69, 9.17) is 16.7 Å². The molecule has 0 heterocycles. The van der Waals surface area contributed by atoms with Gasteiger partial charge in [0.2, 0.25) is 20.0 Å². The van der Waals surface area contributed by atoms with Crippen molar-refractivity contribution in [3.05, 3.63) is 24.3 Å². The van der Waals surface area contributed by atoms with Crippen LogP contribution in [-0.2, 0) is 20.0 Å². The van der Waals surface area contributed by atoms with Gasteiger partial charge in [-0.2, -0.15) is 0 Å². The summed E-state index contributed by atoms with van der Waals surface area (Å²) in [5, 5.41) is 5.02. The van der Waals surface area contributed by atoms with E-state index >= 15 is 0 Å². The molecule has 0 saturated heterocycles. The van der Waals surface area contributed by atoms with Crippen LogP contribution in [0.3, 0.4) is 0 Å². The van der Waals surface area contributed by atoms with Crippen LogP contribution in [0.2, 0.25) is 0 Å². The molecule has 0 radical (unpaired) electrons. The maximum atomic E-state index is 11.8. The molecule has 0 amide bonds. The normalized spacial score (nSPS) is 14.1. The van der Waals surface area contributed by atoms with Gasteiger partial charge in [-0.3, -0.25) is 4.72 Å². The number of anilines is 1. The summed E-state index contributed by atoms with van der Waals surface area (Å²) in [7, 11) is -7.68. The highest BCUT2D eigenvalue weighted by atomic mass is 35.5. The standard InChI is InChI=1S/C10H15ClN2O4S2/c1-8(6-11)7-18(14,15)13-9-4-2-3-5-10(9)19(12,16)17/h2-5,8,13H,6-7H2,1H3,(H2,12,16,17). The number of nitrogens with two attached hydrogens (primary N) is 1. The monoisotopic (exact) mass is 326 g/mol. The Morgan fingerprint density at radius 2 is 1.84 bits per heavy atom. The number of rotatable bonds is 6. The molecule has 0 bridgehead atoms. The van der Waals surface area contributed by atoms with Crippen molar-refractivity contribution in [3.8, 4) is 0 Å². The van der Waals surface area contributed by atoms with Crippen LogP contribution in [-0.4, -0.2) is 28.5 Å². The molecule has 0 fully saturated rings. The van der Waals surface area contributed by atoms with Gasteiger partial charge < -0.3 is 0 Å². The maximum Gasteiger partial charge on any atom is 0.240 e. The molecule has 0 saturated carbocycles. The Balaban J connectivity index is 3.07. The van der Waals surface area contributed by atoms with Crippen molar-refractivity contribution in [2.24, 2.45) is 11.1 Å². The molecule has 108 valence electrons. The molecule has 1 unspecified atom stereocenters. The summed E-state index contributed by atoms with van der Waals surface area (Å²) in [6, 6.07) is 5.54. The fraction of sp³-hybridized carbons (Fsp3) is 0.400. The number of hydrogen-bond donors (Lipinski definition) is 2. The average molecular weight is 327 g/mol. The van der Waals surface area contributed by atoms with Crippen molar-refractivity contribution in [3.63, 3.8) is 0 Å². The van der Waals surface area contributed by atoms with Gasteiger partial charge in [-0.1, -0.05) is 19.1 Å². The quantitative estimate of drug-likeness (QED) is 0.759. The minimum Gasteiger partial charge on any atom is -0.282 e. The zero-order chi connectivity index (χ0) is 14.7. The van der Waals surface area contributed by atoms with Crippen LogP contribution >= 0.6 is 11.6 Å². The highest BCUT2D eigenvalue weighted by molar-refractivity contribution is 7.93. The lowest BCUT2D eigenvalue weighted by Crippen LogP contribution is -2.24. The minimum absolute atomic E-state index is 0.0632. The smallest absolute Gasteiger partial charge is 0.240 e. The molecule has 0 aliphatic carbocycles. The van der Waals surface area contributed by atoms with E-state index in [1.165, 1.54) is 24.3 Å². The van der Waals surface area contributed by atoms with Crippen molar-refractivity contribution in [2.45, 2.75) is 11.8 Å². The van der Waals surface area contributed by atoms with Gasteiger partial charge in [-0.15, -0.1) is 11.6 Å². The van der Waals surface area contributed by atoms with Gasteiger partial charge in [0.15, 0.2) is 0 Å². The molecule has 0 aliphatic heterocycles. The van der Waals surface area contributed by atoms with Crippen LogP contribution in [0, 0.1) is 5.92 Å². The van der Waals surface area contributed by atoms with Gasteiger partial charge in [-0.05, 0) is 18.1 Å². The van der Waals surface area contributed by atoms with E-state index in [-0.39, 0.29) is 28.1 Å². The van der Waals surface area contributed by atoms with E-state index in [0.717, 1.165) is 0 Å². The van der Waals surface area contributed by atoms with Gasteiger partial charge >= 0.3 is 0 Å². The van der Waals surface area contributed by atoms with Crippen molar-refractivity contribution in [1.29, 1.82) is 0 Å². The Kier molecular flexibility index (Phi) is 5.19. The summed E-state index contributed by atoms with van der Waals surface area (Å²) >= 11 is 5.56. The lowest BCUT2D eigenvalue weighted by atomic mass is 10.3. The van der Waals surface area contributed by atoms with Crippen LogP contribution in [0.5, 0.6) is 0 Å². The fourth-order valence-electron chi connectivity index (χ4n) is 1.43. The molecule has 1 aromatic rings. The molecule has 0 aromatic heterocycles. The summed E-state index contributed by atoms with van der Waals surface area (Å²) in [5.41, 5.74) is -0.0632. The van der Waals surface area contributed by atoms with Crippen LogP contribution in [0.15, 0.2) is 29.2 Å². The molecule has 6 nitrogen and oxygen atoms in total. The van der Waals surface area contributed by atoms with Gasteiger partial charge in [0.25, 0.3) is 0 Å². The minimum atomic E-state index is -3.99. The summed E-state index contributed by atoms with van der Waals surface area (Å²) < 4.78 is 48.6. The molecule has 0 aliphatic rings. The van der Waals surface area contributed by atoms with E-state index < -0.39 is 20.0 Å². The molecule has 0 spiro atoms. The van der Waals surface area contributed by atoms with Gasteiger partial charge in [0.05, 0.1) is 11.4 Å². The summed E-state index contributed by atoms with van der Waals surface area (Å²) in [5.74, 6) is -0.256. The SMILES string of the molecule is CC(CCl)CS(=O)(=O)Nc1ccccc1S(N)(=O)=O. The second-order valence-corrected chi connectivity index (χ2v) is 7.79. The van der Waals surface area contributed by atoms with Crippen molar-refractivity contribution < 1.29 is 16.8 Å². The highest BCUT2D eigenvalue weighted by Crippen LogP contribution is 2.21. The topological polar surface area (TPSA) is 106 Å². The lowest BCUT2D eigenvalue weighted by Gasteiger charge is -2.13. The molecule has 3 N–H and O–H groups in total. The van der Waals surface area contributed by atoms with E-state index in [1.807, 2.05) is 0 Å². The fourth-order valence-corrected chi connectivity index (χ4v) is 3.89. The average Bonchev–Trinajstić information content (AvgIpc) is 2.26. The maximum absolute atomic E-state index is 11.8. The third kappa shape index (κ3) is 4.98. The highest BCUT2D eigenvalue weighted by Gasteiger charge is 2.20. The number of sulfonamides is 2. The van der Waals surface area contributed by atoms with E-state index in [2.05, 4.69) is 4.72 Å². The van der Waals surface area contributed by atoms with Gasteiger partial charge in [0, 0.05) is 5.88 Å². The van der Waals surface area contributed by atoms with Crippen molar-refractivity contribution >= 4 is 37.3 Å². The molecule has 1 atom stereocenters. The molecule has 1 rings (SSSR count). The zero-order valence-electron chi connectivity index (χ0n) is 10.2. The van der Waals surface area contributed by atoms with Gasteiger partial charge in [-0.25, -0.2) is 22.0 Å². The summed E-state index contributed by atoms with van der Waals surface area (Å²) in [6.07, 6.45) is 0. The Labute approximate surface area is 118 Å². The van der Waals surface area contributed by atoms with Crippen LogP contribution < -0.4 is 9.86 Å². The second kappa shape index (κ2) is 6.08. The first-order valence-corrected chi connectivity index (χ1v) is 9.07. The number of benzene rings is 1. The number of hydrogen-bond acceptors (Lipinski definition) is 4. The molecule has 1 aromatic carbocycles. The predicted molar refractivity (Wildman–Crippen MR) is 75.1 cm³/mol. The molecule has 9 heteroatoms. The third-order valence-corrected chi connectivity index (χ3v) is 5.26. The number of primary sulfonamides is 1. The zero-order valence-corrected chi connectivity index (χ0v) is 12.6. The van der Waals surface area contributed by atoms with Gasteiger partial charge in [0.1, 0.15) is 4.90 Å². The Morgan fingerprint density at radius 3 is 2.37 bits per heavy atom. The van der Waals surface area contributed by atoms with E-state index in [9.17, 15) is 16.8 Å². The second-order valence-electron chi connectivity index (χ2n) is 4.18. The Morgan fingerprint density at radius 1 is 1.26 bits per heavy atom. The van der Waals surface area contributed by atoms with Crippen molar-refractivity contribution in [2.75, 3.05) is 16.4 Å². The first kappa shape index (κ1) is 16.2. The Bertz CT molecular complexity index is 643. The lowest BCUT2D eigenvalue weighted by molar-refractivity contribution is 0.588. The number of alkyl halides is 1. The van der Waals surface area contributed by atoms with Crippen LogP contribution in [0.4, 0.5) is 5.69 Å². The van der Waals surface area contributed by atoms with Crippen molar-refractivity contribution in [1.82, 2.24) is 0 Å². The first-order valence-electron chi connectivity index (χ1n) is 5.34. The third-order valence-electron chi connectivity index (χ3n) is 2.23. The number of para-hydroxylation sites is 1. The number of nitrogens with one attached hydrogen (secondary N) is 1. The van der Waals surface area contributed by atoms with E-state index in [1.54, 1.807) is 6.92 Å². The molecular formula is C10H15ClN2O4S2. The predicted octanol–water partition coefficient (Wildman–Crippen LogP) is 0.951. The Hall–Kier alpha value is -0.830. The number of halogens is 1. The van der Waals surface area contributed by atoms with Crippen LogP contribution in [0.25, 0.3) is 0 Å².